The van der Waals surface area contributed by atoms with Crippen LogP contribution in [0, 0.1) is 11.6 Å². The maximum Gasteiger partial charge on any atom is 0.331 e. The summed E-state index contributed by atoms with van der Waals surface area (Å²) in [6, 6.07) is 6.37. The minimum atomic E-state index is -3.25. The van der Waals surface area contributed by atoms with Crippen LogP contribution in [0.4, 0.5) is 8.78 Å². The Kier molecular flexibility index (Phi) is 10.2. The molecule has 0 aliphatic heterocycles. The van der Waals surface area contributed by atoms with E-state index in [9.17, 15) is 8.96 Å². The lowest BCUT2D eigenvalue weighted by Crippen LogP contribution is -2.24. The predicted molar refractivity (Wildman–Crippen MR) is 152 cm³/mol. The minimum absolute atomic E-state index is 0.0473. The molecule has 9 heteroatoms. The lowest BCUT2D eigenvalue weighted by atomic mass is 10.1. The van der Waals surface area contributed by atoms with Gasteiger partial charge in [0.25, 0.3) is 0 Å². The van der Waals surface area contributed by atoms with Gasteiger partial charge in [0.15, 0.2) is 22.7 Å². The van der Waals surface area contributed by atoms with Crippen molar-refractivity contribution in [1.29, 1.82) is 0 Å². The van der Waals surface area contributed by atoms with Crippen LogP contribution < -0.4 is 9.47 Å². The molecule has 216 valence electrons. The predicted octanol–water partition coefficient (Wildman–Crippen LogP) is 9.58. The van der Waals surface area contributed by atoms with E-state index in [2.05, 4.69) is 6.58 Å². The molecule has 0 spiro atoms. The molecule has 0 bridgehead atoms. The van der Waals surface area contributed by atoms with E-state index in [-0.39, 0.29) is 29.3 Å². The number of hydrogen-bond acceptors (Lipinski definition) is 6. The van der Waals surface area contributed by atoms with Crippen LogP contribution in [0.2, 0.25) is 0 Å². The quantitative estimate of drug-likeness (QED) is 0.110. The van der Waals surface area contributed by atoms with Gasteiger partial charge in [-0.15, -0.1) is 6.58 Å². The van der Waals surface area contributed by atoms with Gasteiger partial charge in [-0.1, -0.05) is 18.9 Å². The third-order valence-corrected chi connectivity index (χ3v) is 8.12. The number of unbranched alkanes of at least 4 members (excludes halogenated alkanes) is 3. The number of benzene rings is 2. The summed E-state index contributed by atoms with van der Waals surface area (Å²) in [6.07, 6.45) is 5.55. The van der Waals surface area contributed by atoms with E-state index in [0.717, 1.165) is 12.8 Å². The normalized spacial score (nSPS) is 12.8. The highest BCUT2D eigenvalue weighted by Crippen LogP contribution is 2.55. The van der Waals surface area contributed by atoms with Crippen LogP contribution in [0.25, 0.3) is 21.9 Å². The molecule has 39 heavy (non-hydrogen) atoms. The monoisotopic (exact) mass is 566 g/mol. The number of fused-ring (bicyclic) bond motifs is 3. The van der Waals surface area contributed by atoms with E-state index in [0.29, 0.717) is 42.8 Å². The smallest absolute Gasteiger partial charge is 0.331 e. The van der Waals surface area contributed by atoms with E-state index in [1.807, 2.05) is 41.5 Å². The van der Waals surface area contributed by atoms with Crippen molar-refractivity contribution in [3.8, 4) is 11.5 Å². The highest BCUT2D eigenvalue weighted by atomic mass is 31.2. The summed E-state index contributed by atoms with van der Waals surface area (Å²) in [6.45, 7) is 15.4. The molecule has 0 N–H and O–H groups in total. The maximum absolute atomic E-state index is 15.2. The Morgan fingerprint density at radius 2 is 1.28 bits per heavy atom. The fourth-order valence-electron chi connectivity index (χ4n) is 4.16. The highest BCUT2D eigenvalue weighted by Gasteiger charge is 2.34. The fourth-order valence-corrected chi connectivity index (χ4v) is 6.66. The van der Waals surface area contributed by atoms with E-state index >= 15 is 4.39 Å². The molecule has 0 saturated carbocycles. The van der Waals surface area contributed by atoms with Crippen molar-refractivity contribution in [2.45, 2.75) is 84.8 Å². The molecule has 0 atom stereocenters. The standard InChI is InChI=1S/C30H41F2O6P/c1-8-9-18-34-23-16-14-21-22-15-17-24(26(32)28(22)36-27(21)25(23)31)35-19-12-10-11-13-20-39(33,37-29(2,3)4)38-30(5,6)7/h8,14-17H,1,9-13,18-20H2,2-7H3. The highest BCUT2D eigenvalue weighted by molar-refractivity contribution is 7.53. The molecule has 0 radical (unpaired) electrons. The zero-order valence-electron chi connectivity index (χ0n) is 23.9. The van der Waals surface area contributed by atoms with E-state index < -0.39 is 30.4 Å². The van der Waals surface area contributed by atoms with Gasteiger partial charge in [0, 0.05) is 10.8 Å². The van der Waals surface area contributed by atoms with Crippen molar-refractivity contribution < 1.29 is 36.3 Å². The van der Waals surface area contributed by atoms with E-state index in [4.69, 9.17) is 22.9 Å². The third-order valence-electron chi connectivity index (χ3n) is 5.61. The molecular weight excluding hydrogens is 525 g/mol. The minimum Gasteiger partial charge on any atom is -0.490 e. The molecular formula is C30H41F2O6P. The summed E-state index contributed by atoms with van der Waals surface area (Å²) >= 11 is 0. The van der Waals surface area contributed by atoms with Crippen LogP contribution in [0.3, 0.4) is 0 Å². The van der Waals surface area contributed by atoms with E-state index in [1.165, 1.54) is 12.1 Å². The van der Waals surface area contributed by atoms with Gasteiger partial charge in [0.2, 0.25) is 11.6 Å². The number of hydrogen-bond donors (Lipinski definition) is 0. The van der Waals surface area contributed by atoms with Crippen LogP contribution in [0.5, 0.6) is 11.5 Å². The summed E-state index contributed by atoms with van der Waals surface area (Å²) in [5.74, 6) is -1.24. The van der Waals surface area contributed by atoms with Crippen molar-refractivity contribution >= 4 is 29.5 Å². The summed E-state index contributed by atoms with van der Waals surface area (Å²) in [5, 5.41) is 0.929. The van der Waals surface area contributed by atoms with Crippen molar-refractivity contribution in [2.75, 3.05) is 19.4 Å². The summed E-state index contributed by atoms with van der Waals surface area (Å²) < 4.78 is 71.7. The zero-order valence-corrected chi connectivity index (χ0v) is 24.8. The van der Waals surface area contributed by atoms with Crippen LogP contribution in [0.15, 0.2) is 41.3 Å². The molecule has 3 aromatic rings. The first-order valence-corrected chi connectivity index (χ1v) is 15.2. The summed E-state index contributed by atoms with van der Waals surface area (Å²) in [4.78, 5) is 0. The largest absolute Gasteiger partial charge is 0.490 e. The Morgan fingerprint density at radius 3 is 1.77 bits per heavy atom. The molecule has 3 rings (SSSR count). The van der Waals surface area contributed by atoms with Gasteiger partial charge in [-0.05, 0) is 85.1 Å². The molecule has 1 heterocycles. The Morgan fingerprint density at radius 1 is 0.795 bits per heavy atom. The van der Waals surface area contributed by atoms with Gasteiger partial charge in [-0.2, -0.15) is 8.78 Å². The first-order chi connectivity index (χ1) is 18.2. The van der Waals surface area contributed by atoms with Crippen LogP contribution in [-0.4, -0.2) is 30.6 Å². The molecule has 0 saturated heterocycles. The second-order valence-corrected chi connectivity index (χ2v) is 13.6. The van der Waals surface area contributed by atoms with Gasteiger partial charge in [-0.25, -0.2) is 0 Å². The van der Waals surface area contributed by atoms with Crippen molar-refractivity contribution in [3.63, 3.8) is 0 Å². The molecule has 1 aromatic heterocycles. The van der Waals surface area contributed by atoms with Gasteiger partial charge in [-0.3, -0.25) is 4.57 Å². The fraction of sp³-hybridized carbons (Fsp3) is 0.533. The summed E-state index contributed by atoms with van der Waals surface area (Å²) in [7, 11) is -3.25. The van der Waals surface area contributed by atoms with Crippen LogP contribution in [-0.2, 0) is 13.6 Å². The summed E-state index contributed by atoms with van der Waals surface area (Å²) in [5.41, 5.74) is -1.27. The van der Waals surface area contributed by atoms with Crippen molar-refractivity contribution in [1.82, 2.24) is 0 Å². The average molecular weight is 567 g/mol. The molecule has 0 fully saturated rings. The SMILES string of the molecule is C=CCCOc1ccc2c(oc3c(F)c(OCCCCCCP(=O)(OC(C)(C)C)OC(C)(C)C)ccc32)c1F. The van der Waals surface area contributed by atoms with Gasteiger partial charge in [0.05, 0.1) is 30.6 Å². The Bertz CT molecular complexity index is 1300. The van der Waals surface area contributed by atoms with Gasteiger partial charge < -0.3 is 22.9 Å². The lowest BCUT2D eigenvalue weighted by Gasteiger charge is -2.32. The number of halogens is 2. The van der Waals surface area contributed by atoms with Gasteiger partial charge in [0.1, 0.15) is 0 Å². The van der Waals surface area contributed by atoms with Crippen LogP contribution in [0.1, 0.15) is 73.6 Å². The second kappa shape index (κ2) is 12.8. The number of furan rings is 1. The molecule has 6 nitrogen and oxygen atoms in total. The Labute approximate surface area is 230 Å². The number of rotatable bonds is 14. The maximum atomic E-state index is 15.2. The first kappa shape index (κ1) is 31.1. The average Bonchev–Trinajstić information content (AvgIpc) is 3.19. The molecule has 0 aliphatic carbocycles. The molecule has 0 amide bonds. The molecule has 0 unspecified atom stereocenters. The number of ether oxygens (including phenoxy) is 2. The van der Waals surface area contributed by atoms with Gasteiger partial charge >= 0.3 is 7.60 Å². The molecule has 0 aliphatic rings. The zero-order chi connectivity index (χ0) is 28.8. The second-order valence-electron chi connectivity index (χ2n) is 11.5. The van der Waals surface area contributed by atoms with Crippen LogP contribution >= 0.6 is 7.60 Å². The lowest BCUT2D eigenvalue weighted by molar-refractivity contribution is 0.0491. The topological polar surface area (TPSA) is 67.1 Å². The first-order valence-electron chi connectivity index (χ1n) is 13.4. The third kappa shape index (κ3) is 8.79. The Balaban J connectivity index is 1.55. The van der Waals surface area contributed by atoms with Crippen molar-refractivity contribution in [2.24, 2.45) is 0 Å². The van der Waals surface area contributed by atoms with Crippen molar-refractivity contribution in [3.05, 3.63) is 48.6 Å². The van der Waals surface area contributed by atoms with E-state index in [1.54, 1.807) is 18.2 Å². The molecule has 2 aromatic carbocycles. The Hall–Kier alpha value is -2.41.